The van der Waals surface area contributed by atoms with Crippen LogP contribution in [0.25, 0.3) is 0 Å². The number of anilines is 1. The van der Waals surface area contributed by atoms with E-state index >= 15 is 0 Å². The van der Waals surface area contributed by atoms with Crippen molar-refractivity contribution >= 4 is 23.5 Å². The van der Waals surface area contributed by atoms with Gasteiger partial charge in [-0.15, -0.1) is 0 Å². The average molecular weight is 476 g/mol. The molecular weight excluding hydrogens is 438 g/mol. The van der Waals surface area contributed by atoms with Crippen LogP contribution in [0, 0.1) is 51.8 Å². The van der Waals surface area contributed by atoms with E-state index in [1.807, 2.05) is 37.3 Å². The summed E-state index contributed by atoms with van der Waals surface area (Å²) >= 11 is 0. The summed E-state index contributed by atoms with van der Waals surface area (Å²) in [6, 6.07) is 9.39. The predicted molar refractivity (Wildman–Crippen MR) is 133 cm³/mol. The van der Waals surface area contributed by atoms with Crippen LogP contribution in [-0.4, -0.2) is 22.9 Å². The average Bonchev–Trinajstić information content (AvgIpc) is 3.11. The summed E-state index contributed by atoms with van der Waals surface area (Å²) in [6.07, 6.45) is 7.58. The molecule has 1 saturated heterocycles. The number of para-hydroxylation sites is 1. The third kappa shape index (κ3) is 2.73. The zero-order valence-corrected chi connectivity index (χ0v) is 21.3. The van der Waals surface area contributed by atoms with Gasteiger partial charge >= 0.3 is 5.97 Å². The number of hydrogen-bond donors (Lipinski definition) is 1. The third-order valence-corrected chi connectivity index (χ3v) is 11.2. The van der Waals surface area contributed by atoms with E-state index in [4.69, 9.17) is 0 Å². The Labute approximate surface area is 208 Å². The molecule has 8 atom stereocenters. The van der Waals surface area contributed by atoms with Gasteiger partial charge in [0.25, 0.3) is 0 Å². The minimum atomic E-state index is -0.721. The number of nitrogens with zero attached hydrogens (tertiary/aromatic N) is 1. The Bertz CT molecular complexity index is 1140. The monoisotopic (exact) mass is 475 g/mol. The molecule has 186 valence electrons. The first-order valence-corrected chi connectivity index (χ1v) is 13.4. The van der Waals surface area contributed by atoms with Gasteiger partial charge in [0.2, 0.25) is 11.8 Å². The van der Waals surface area contributed by atoms with E-state index in [1.165, 1.54) is 10.5 Å². The molecule has 6 aliphatic rings. The van der Waals surface area contributed by atoms with Crippen molar-refractivity contribution in [3.8, 4) is 0 Å². The third-order valence-electron chi connectivity index (χ3n) is 11.2. The summed E-state index contributed by atoms with van der Waals surface area (Å²) in [5.74, 6) is -0.668. The zero-order chi connectivity index (χ0) is 24.9. The summed E-state index contributed by atoms with van der Waals surface area (Å²) in [5, 5.41) is 10.3. The molecule has 1 heterocycles. The highest BCUT2D eigenvalue weighted by molar-refractivity contribution is 6.22. The van der Waals surface area contributed by atoms with Gasteiger partial charge in [0.05, 0.1) is 22.9 Å². The lowest BCUT2D eigenvalue weighted by molar-refractivity contribution is -0.194. The second-order valence-electron chi connectivity index (χ2n) is 12.8. The first kappa shape index (κ1) is 23.0. The number of carbonyl (C=O) groups excluding carboxylic acids is 2. The summed E-state index contributed by atoms with van der Waals surface area (Å²) in [4.78, 5) is 42.0. The number of carbonyl (C=O) groups is 3. The van der Waals surface area contributed by atoms with E-state index in [0.29, 0.717) is 11.6 Å². The molecule has 5 nitrogen and oxygen atoms in total. The number of amides is 2. The second-order valence-corrected chi connectivity index (χ2v) is 12.8. The highest BCUT2D eigenvalue weighted by Gasteiger charge is 2.73. The first-order valence-electron chi connectivity index (χ1n) is 13.4. The van der Waals surface area contributed by atoms with Crippen molar-refractivity contribution in [2.75, 3.05) is 4.90 Å². The fourth-order valence-electron chi connectivity index (χ4n) is 9.79. The lowest BCUT2D eigenvalue weighted by atomic mass is 9.34. The van der Waals surface area contributed by atoms with Gasteiger partial charge in [0.1, 0.15) is 0 Å². The number of fused-ring (bicyclic) bond motifs is 1. The molecule has 2 amide bonds. The number of carboxylic acid groups (broad SMARTS) is 1. The Balaban J connectivity index is 1.50. The molecule has 0 unspecified atom stereocenters. The Morgan fingerprint density at radius 2 is 1.74 bits per heavy atom. The van der Waals surface area contributed by atoms with Crippen molar-refractivity contribution in [1.82, 2.24) is 0 Å². The number of aliphatic carboxylic acids is 1. The second kappa shape index (κ2) is 7.30. The van der Waals surface area contributed by atoms with Crippen molar-refractivity contribution in [1.29, 1.82) is 0 Å². The van der Waals surface area contributed by atoms with Crippen molar-refractivity contribution in [3.05, 3.63) is 42.0 Å². The Morgan fingerprint density at radius 3 is 2.40 bits per heavy atom. The topological polar surface area (TPSA) is 74.7 Å². The first-order chi connectivity index (χ1) is 16.6. The quantitative estimate of drug-likeness (QED) is 0.449. The largest absolute Gasteiger partial charge is 0.481 e. The molecule has 5 aliphatic carbocycles. The number of imide groups is 1. The molecule has 5 heteroatoms. The maximum Gasteiger partial charge on any atom is 0.309 e. The van der Waals surface area contributed by atoms with Crippen LogP contribution >= 0.6 is 0 Å². The fraction of sp³-hybridized carbons (Fsp3) is 0.633. The molecule has 0 radical (unpaired) electrons. The minimum absolute atomic E-state index is 0.0356. The number of rotatable bonds is 3. The normalized spacial score (nSPS) is 44.1. The molecule has 2 bridgehead atoms. The number of allylic oxidation sites excluding steroid dienone is 2. The standard InChI is InChI=1S/C30H37NO4/c1-17(2)20-16-30-14-11-21-28(3,12-8-13-29(21,4)27(34)35)22(30)15-19(20)23-24(30)26(33)31(25(23)32)18-9-6-5-7-10-18/h5-7,9-10,16-17,19,21-24H,8,11-15H2,1-4H3,(H,34,35)/t19-,21+,22-,23+,24+,28-,29+,30-/m0/s1. The van der Waals surface area contributed by atoms with Crippen molar-refractivity contribution < 1.29 is 19.5 Å². The van der Waals surface area contributed by atoms with Crippen molar-refractivity contribution in [2.24, 2.45) is 51.8 Å². The fourth-order valence-corrected chi connectivity index (χ4v) is 9.79. The summed E-state index contributed by atoms with van der Waals surface area (Å²) in [6.45, 7) is 8.69. The van der Waals surface area contributed by atoms with Gasteiger partial charge in [0.15, 0.2) is 0 Å². The summed E-state index contributed by atoms with van der Waals surface area (Å²) < 4.78 is 0. The molecule has 35 heavy (non-hydrogen) atoms. The predicted octanol–water partition coefficient (Wildman–Crippen LogP) is 5.70. The Hall–Kier alpha value is -2.43. The molecule has 1 spiro atoms. The maximum atomic E-state index is 14.1. The van der Waals surface area contributed by atoms with E-state index in [2.05, 4.69) is 26.8 Å². The number of hydrogen-bond acceptors (Lipinski definition) is 3. The van der Waals surface area contributed by atoms with Gasteiger partial charge in [-0.05, 0) is 80.2 Å². The summed E-state index contributed by atoms with van der Waals surface area (Å²) in [7, 11) is 0. The van der Waals surface area contributed by atoms with E-state index in [1.54, 1.807) is 0 Å². The van der Waals surface area contributed by atoms with Gasteiger partial charge in [-0.3, -0.25) is 19.3 Å². The van der Waals surface area contributed by atoms with Gasteiger partial charge in [-0.25, -0.2) is 0 Å². The van der Waals surface area contributed by atoms with E-state index in [-0.39, 0.29) is 52.2 Å². The molecular formula is C30H37NO4. The molecule has 1 aromatic rings. The van der Waals surface area contributed by atoms with Gasteiger partial charge < -0.3 is 5.11 Å². The maximum absolute atomic E-state index is 14.1. The van der Waals surface area contributed by atoms with Crippen molar-refractivity contribution in [3.63, 3.8) is 0 Å². The molecule has 0 aromatic heterocycles. The van der Waals surface area contributed by atoms with Crippen LogP contribution < -0.4 is 4.90 Å². The highest BCUT2D eigenvalue weighted by Crippen LogP contribution is 2.74. The van der Waals surface area contributed by atoms with Gasteiger partial charge in [-0.2, -0.15) is 0 Å². The molecule has 4 fully saturated rings. The van der Waals surface area contributed by atoms with Crippen LogP contribution in [0.15, 0.2) is 42.0 Å². The van der Waals surface area contributed by atoms with E-state index in [0.717, 1.165) is 38.5 Å². The highest BCUT2D eigenvalue weighted by atomic mass is 16.4. The van der Waals surface area contributed by atoms with Crippen LogP contribution in [0.2, 0.25) is 0 Å². The molecule has 1 aliphatic heterocycles. The van der Waals surface area contributed by atoms with Gasteiger partial charge in [-0.1, -0.05) is 57.0 Å². The lowest BCUT2D eigenvalue weighted by Gasteiger charge is -2.68. The van der Waals surface area contributed by atoms with Crippen molar-refractivity contribution in [2.45, 2.75) is 66.2 Å². The molecule has 1 N–H and O–H groups in total. The van der Waals surface area contributed by atoms with Gasteiger partial charge in [0, 0.05) is 5.41 Å². The number of carboxylic acids is 1. The molecule has 7 rings (SSSR count). The summed E-state index contributed by atoms with van der Waals surface area (Å²) in [5.41, 5.74) is 0.789. The lowest BCUT2D eigenvalue weighted by Crippen LogP contribution is -2.65. The van der Waals surface area contributed by atoms with Crippen LogP contribution in [0.5, 0.6) is 0 Å². The SMILES string of the molecule is CC(C)C1=C[C@@]23CC[C@@H]4[C@](C)(CCC[C@@]4(C)C(=O)O)[C@@H]2C[C@@H]1[C@H]1C(=O)N(c2ccccc2)C(=O)[C@@H]13. The molecule has 3 saturated carbocycles. The number of benzene rings is 1. The van der Waals surface area contributed by atoms with E-state index in [9.17, 15) is 19.5 Å². The molecule has 1 aromatic carbocycles. The minimum Gasteiger partial charge on any atom is -0.481 e. The Kier molecular flexibility index (Phi) is 4.80. The van der Waals surface area contributed by atoms with Crippen LogP contribution in [0.3, 0.4) is 0 Å². The smallest absolute Gasteiger partial charge is 0.309 e. The van der Waals surface area contributed by atoms with Crippen LogP contribution in [-0.2, 0) is 14.4 Å². The van der Waals surface area contributed by atoms with E-state index < -0.39 is 11.4 Å². The van der Waals surface area contributed by atoms with Crippen LogP contribution in [0.1, 0.15) is 66.2 Å². The Morgan fingerprint density at radius 1 is 1.03 bits per heavy atom. The van der Waals surface area contributed by atoms with Crippen LogP contribution in [0.4, 0.5) is 5.69 Å². The zero-order valence-electron chi connectivity index (χ0n) is 21.3.